The summed E-state index contributed by atoms with van der Waals surface area (Å²) in [5.41, 5.74) is 6.25. The van der Waals surface area contributed by atoms with Crippen LogP contribution in [0.3, 0.4) is 0 Å². The molecule has 1 atom stereocenters. The van der Waals surface area contributed by atoms with Crippen molar-refractivity contribution < 1.29 is 18.0 Å². The van der Waals surface area contributed by atoms with Crippen LogP contribution in [-0.2, 0) is 13.0 Å². The Morgan fingerprint density at radius 1 is 1.31 bits per heavy atom. The molecule has 0 fully saturated rings. The van der Waals surface area contributed by atoms with E-state index in [-0.39, 0.29) is 22.8 Å². The van der Waals surface area contributed by atoms with Crippen molar-refractivity contribution in [3.8, 4) is 0 Å². The van der Waals surface area contributed by atoms with Gasteiger partial charge in [0.2, 0.25) is 0 Å². The Kier molecular flexibility index (Phi) is 5.68. The van der Waals surface area contributed by atoms with E-state index in [2.05, 4.69) is 15.3 Å². The summed E-state index contributed by atoms with van der Waals surface area (Å²) in [6, 6.07) is 2.48. The number of hydrogen-bond acceptors (Lipinski definition) is 5. The summed E-state index contributed by atoms with van der Waals surface area (Å²) < 4.78 is 42.1. The smallest absolute Gasteiger partial charge is 0.285 e. The number of H-pyrrole nitrogens is 1. The Labute approximate surface area is 184 Å². The number of nitrogens with two attached hydrogens (primary N) is 1. The van der Waals surface area contributed by atoms with E-state index >= 15 is 0 Å². The zero-order chi connectivity index (χ0) is 23.2. The van der Waals surface area contributed by atoms with E-state index in [1.165, 1.54) is 16.9 Å². The molecule has 0 aliphatic carbocycles. The molecule has 1 amide bonds. The number of rotatable bonds is 5. The quantitative estimate of drug-likeness (QED) is 0.600. The van der Waals surface area contributed by atoms with Gasteiger partial charge in [-0.05, 0) is 24.6 Å². The van der Waals surface area contributed by atoms with E-state index in [1.54, 1.807) is 11.8 Å². The van der Waals surface area contributed by atoms with Crippen molar-refractivity contribution in [3.05, 3.63) is 73.7 Å². The molecule has 0 saturated heterocycles. The number of carbonyl (C=O) groups is 1. The maximum Gasteiger partial charge on any atom is 0.285 e. The number of anilines is 1. The summed E-state index contributed by atoms with van der Waals surface area (Å²) in [5.74, 6) is -1.55. The van der Waals surface area contributed by atoms with Gasteiger partial charge in [-0.15, -0.1) is 0 Å². The summed E-state index contributed by atoms with van der Waals surface area (Å²) in [6.07, 6.45) is -1.11. The molecular weight excluding hydrogens is 449 g/mol. The number of alkyl halides is 2. The van der Waals surface area contributed by atoms with Crippen LogP contribution in [0, 0.1) is 5.82 Å². The van der Waals surface area contributed by atoms with Gasteiger partial charge in [0.25, 0.3) is 17.9 Å². The average molecular weight is 467 g/mol. The van der Waals surface area contributed by atoms with Crippen LogP contribution < -0.4 is 16.2 Å². The zero-order valence-electron chi connectivity index (χ0n) is 16.8. The highest BCUT2D eigenvalue weighted by Crippen LogP contribution is 2.34. The normalized spacial score (nSPS) is 14.5. The van der Waals surface area contributed by atoms with Gasteiger partial charge < -0.3 is 10.6 Å². The number of fused-ring (bicyclic) bond motifs is 1. The SMILES string of the molecule is C[C@@H](c1ccc(F)cc1C(F)F)n1nc(C(N)=O)c2c1CCN(c1cn[nH]c(=O)c1Cl)C2. The van der Waals surface area contributed by atoms with Crippen molar-refractivity contribution in [2.75, 3.05) is 11.4 Å². The van der Waals surface area contributed by atoms with Crippen molar-refractivity contribution >= 4 is 23.2 Å². The monoisotopic (exact) mass is 466 g/mol. The van der Waals surface area contributed by atoms with Gasteiger partial charge in [0.1, 0.15) is 10.8 Å². The van der Waals surface area contributed by atoms with Gasteiger partial charge in [-0.2, -0.15) is 10.2 Å². The first-order valence-electron chi connectivity index (χ1n) is 9.64. The lowest BCUT2D eigenvalue weighted by Gasteiger charge is -2.30. The lowest BCUT2D eigenvalue weighted by molar-refractivity contribution is 0.0993. The molecule has 1 aromatic carbocycles. The molecule has 0 bridgehead atoms. The molecule has 1 aliphatic heterocycles. The molecule has 12 heteroatoms. The molecule has 168 valence electrons. The van der Waals surface area contributed by atoms with Crippen LogP contribution in [0.1, 0.15) is 52.3 Å². The minimum absolute atomic E-state index is 0.00817. The highest BCUT2D eigenvalue weighted by molar-refractivity contribution is 6.33. The molecule has 3 aromatic rings. The van der Waals surface area contributed by atoms with Crippen LogP contribution in [0.25, 0.3) is 0 Å². The van der Waals surface area contributed by atoms with E-state index in [0.29, 0.717) is 29.9 Å². The van der Waals surface area contributed by atoms with Crippen LogP contribution in [-0.4, -0.2) is 32.4 Å². The summed E-state index contributed by atoms with van der Waals surface area (Å²) >= 11 is 6.11. The molecule has 8 nitrogen and oxygen atoms in total. The van der Waals surface area contributed by atoms with Crippen molar-refractivity contribution in [1.82, 2.24) is 20.0 Å². The Morgan fingerprint density at radius 2 is 2.06 bits per heavy atom. The van der Waals surface area contributed by atoms with Crippen molar-refractivity contribution in [2.24, 2.45) is 5.73 Å². The predicted molar refractivity (Wildman–Crippen MR) is 111 cm³/mol. The number of aromatic amines is 1. The maximum absolute atomic E-state index is 13.6. The summed E-state index contributed by atoms with van der Waals surface area (Å²) in [7, 11) is 0. The number of primary amides is 1. The Morgan fingerprint density at radius 3 is 2.75 bits per heavy atom. The third-order valence-corrected chi connectivity index (χ3v) is 5.90. The third-order valence-electron chi connectivity index (χ3n) is 5.54. The molecule has 3 heterocycles. The zero-order valence-corrected chi connectivity index (χ0v) is 17.5. The van der Waals surface area contributed by atoms with Gasteiger partial charge in [-0.3, -0.25) is 14.3 Å². The van der Waals surface area contributed by atoms with Gasteiger partial charge in [-0.25, -0.2) is 18.3 Å². The molecule has 4 rings (SSSR count). The number of nitrogens with zero attached hydrogens (tertiary/aromatic N) is 4. The topological polar surface area (TPSA) is 110 Å². The standard InChI is InChI=1S/C20H18ClF3N6O2/c1-9(11-3-2-10(22)6-12(11)18(23)24)30-14-4-5-29(8-13(14)17(28-30)19(25)31)15-7-26-27-20(32)16(15)21/h2-3,6-7,9,18H,4-5,8H2,1H3,(H2,25,31)(H,27,32)/t9-/m0/s1. The van der Waals surface area contributed by atoms with Gasteiger partial charge in [-0.1, -0.05) is 17.7 Å². The highest BCUT2D eigenvalue weighted by atomic mass is 35.5. The van der Waals surface area contributed by atoms with Gasteiger partial charge in [0.15, 0.2) is 5.69 Å². The van der Waals surface area contributed by atoms with Crippen molar-refractivity contribution in [1.29, 1.82) is 0 Å². The largest absolute Gasteiger partial charge is 0.364 e. The second kappa shape index (κ2) is 8.30. The maximum atomic E-state index is 13.6. The van der Waals surface area contributed by atoms with Crippen LogP contribution in [0.2, 0.25) is 5.02 Å². The molecule has 0 spiro atoms. The van der Waals surface area contributed by atoms with E-state index in [1.807, 2.05) is 0 Å². The first kappa shape index (κ1) is 21.9. The second-order valence-electron chi connectivity index (χ2n) is 7.40. The lowest BCUT2D eigenvalue weighted by atomic mass is 9.99. The molecule has 0 radical (unpaired) electrons. The fraction of sp³-hybridized carbons (Fsp3) is 0.300. The van der Waals surface area contributed by atoms with E-state index in [4.69, 9.17) is 17.3 Å². The Bertz CT molecular complexity index is 1260. The van der Waals surface area contributed by atoms with E-state index < -0.39 is 35.3 Å². The van der Waals surface area contributed by atoms with Crippen LogP contribution in [0.5, 0.6) is 0 Å². The fourth-order valence-electron chi connectivity index (χ4n) is 4.01. The third kappa shape index (κ3) is 3.72. The molecular formula is C20H18ClF3N6O2. The van der Waals surface area contributed by atoms with E-state index in [9.17, 15) is 22.8 Å². The molecule has 2 aromatic heterocycles. The second-order valence-corrected chi connectivity index (χ2v) is 7.78. The highest BCUT2D eigenvalue weighted by Gasteiger charge is 2.31. The van der Waals surface area contributed by atoms with Crippen LogP contribution in [0.4, 0.5) is 18.9 Å². The molecule has 0 unspecified atom stereocenters. The van der Waals surface area contributed by atoms with Crippen LogP contribution >= 0.6 is 11.6 Å². The molecule has 1 aliphatic rings. The number of hydrogen-bond donors (Lipinski definition) is 2. The van der Waals surface area contributed by atoms with Crippen LogP contribution in [0.15, 0.2) is 29.2 Å². The summed E-state index contributed by atoms with van der Waals surface area (Å²) in [4.78, 5) is 25.7. The van der Waals surface area contributed by atoms with E-state index in [0.717, 1.165) is 12.1 Å². The van der Waals surface area contributed by atoms with Gasteiger partial charge in [0, 0.05) is 36.3 Å². The van der Waals surface area contributed by atoms with Crippen molar-refractivity contribution in [2.45, 2.75) is 32.4 Å². The molecule has 0 saturated carbocycles. The first-order valence-corrected chi connectivity index (χ1v) is 10.0. The number of amides is 1. The molecule has 32 heavy (non-hydrogen) atoms. The predicted octanol–water partition coefficient (Wildman–Crippen LogP) is 2.97. The van der Waals surface area contributed by atoms with Gasteiger partial charge >= 0.3 is 0 Å². The summed E-state index contributed by atoms with van der Waals surface area (Å²) in [6.45, 7) is 2.21. The molecule has 3 N–H and O–H groups in total. The Balaban J connectivity index is 1.78. The Hall–Kier alpha value is -3.34. The minimum Gasteiger partial charge on any atom is -0.364 e. The van der Waals surface area contributed by atoms with Crippen molar-refractivity contribution in [3.63, 3.8) is 0 Å². The number of carbonyl (C=O) groups excluding carboxylic acids is 1. The van der Waals surface area contributed by atoms with Gasteiger partial charge in [0.05, 0.1) is 17.9 Å². The average Bonchev–Trinajstić information content (AvgIpc) is 3.14. The lowest BCUT2D eigenvalue weighted by Crippen LogP contribution is -2.33. The number of aromatic nitrogens is 4. The number of benzene rings is 1. The fourth-order valence-corrected chi connectivity index (χ4v) is 4.22. The first-order chi connectivity index (χ1) is 15.2. The minimum atomic E-state index is -2.88. The number of nitrogens with one attached hydrogen (secondary N) is 1. The summed E-state index contributed by atoms with van der Waals surface area (Å²) in [5, 5.41) is 10.3. The number of halogens is 4.